The van der Waals surface area contributed by atoms with E-state index in [9.17, 15) is 22.8 Å². The smallest absolute Gasteiger partial charge is 0.348 e. The number of benzene rings is 2. The normalized spacial score (nSPS) is 11.1. The number of nitrogens with one attached hydrogen (secondary N) is 1. The molecule has 0 aliphatic heterocycles. The van der Waals surface area contributed by atoms with Crippen LogP contribution in [0, 0.1) is 0 Å². The SMILES string of the molecule is O=C(NCc1ccccc1)c1ccc(C(=O)C(F)(F)F)c(Cl)c1. The Morgan fingerprint density at radius 2 is 1.70 bits per heavy atom. The Labute approximate surface area is 135 Å². The van der Waals surface area contributed by atoms with Crippen LogP contribution >= 0.6 is 11.6 Å². The molecule has 0 saturated carbocycles. The van der Waals surface area contributed by atoms with E-state index in [1.54, 1.807) is 0 Å². The van der Waals surface area contributed by atoms with Crippen molar-refractivity contribution in [1.29, 1.82) is 0 Å². The van der Waals surface area contributed by atoms with Crippen LogP contribution in [0.15, 0.2) is 48.5 Å². The van der Waals surface area contributed by atoms with E-state index in [0.717, 1.165) is 23.8 Å². The number of Topliss-reactive ketones (excluding diaryl/α,β-unsaturated/α-hetero) is 1. The molecule has 0 saturated heterocycles. The molecule has 2 rings (SSSR count). The third-order valence-electron chi connectivity index (χ3n) is 3.03. The molecule has 7 heteroatoms. The molecule has 0 heterocycles. The van der Waals surface area contributed by atoms with Crippen molar-refractivity contribution >= 4 is 23.3 Å². The fourth-order valence-electron chi connectivity index (χ4n) is 1.87. The van der Waals surface area contributed by atoms with Gasteiger partial charge >= 0.3 is 6.18 Å². The first-order valence-electron chi connectivity index (χ1n) is 6.52. The summed E-state index contributed by atoms with van der Waals surface area (Å²) < 4.78 is 37.2. The highest BCUT2D eigenvalue weighted by atomic mass is 35.5. The second-order valence-corrected chi connectivity index (χ2v) is 5.10. The maximum absolute atomic E-state index is 12.4. The van der Waals surface area contributed by atoms with Gasteiger partial charge in [0.2, 0.25) is 0 Å². The number of amides is 1. The maximum Gasteiger partial charge on any atom is 0.454 e. The van der Waals surface area contributed by atoms with Gasteiger partial charge in [-0.2, -0.15) is 13.2 Å². The number of carbonyl (C=O) groups is 2. The van der Waals surface area contributed by atoms with Crippen molar-refractivity contribution in [3.05, 3.63) is 70.2 Å². The minimum atomic E-state index is -5.01. The molecule has 0 unspecified atom stereocenters. The molecule has 0 aliphatic carbocycles. The van der Waals surface area contributed by atoms with Gasteiger partial charge in [-0.25, -0.2) is 0 Å². The van der Waals surface area contributed by atoms with E-state index >= 15 is 0 Å². The van der Waals surface area contributed by atoms with Gasteiger partial charge in [-0.05, 0) is 23.8 Å². The number of hydrogen-bond acceptors (Lipinski definition) is 2. The lowest BCUT2D eigenvalue weighted by Gasteiger charge is -2.09. The van der Waals surface area contributed by atoms with Crippen molar-refractivity contribution in [2.75, 3.05) is 0 Å². The minimum absolute atomic E-state index is 0.0738. The number of alkyl halides is 3. The van der Waals surface area contributed by atoms with Gasteiger partial charge in [0.25, 0.3) is 11.7 Å². The minimum Gasteiger partial charge on any atom is -0.348 e. The van der Waals surface area contributed by atoms with Gasteiger partial charge in [-0.3, -0.25) is 9.59 Å². The van der Waals surface area contributed by atoms with E-state index in [1.165, 1.54) is 0 Å². The zero-order valence-corrected chi connectivity index (χ0v) is 12.4. The summed E-state index contributed by atoms with van der Waals surface area (Å²) in [6.07, 6.45) is -5.01. The predicted octanol–water partition coefficient (Wildman–Crippen LogP) is 4.02. The molecule has 0 radical (unpaired) electrons. The molecule has 0 aromatic heterocycles. The van der Waals surface area contributed by atoms with Gasteiger partial charge in [-0.15, -0.1) is 0 Å². The molecule has 0 atom stereocenters. The first-order chi connectivity index (χ1) is 10.8. The van der Waals surface area contributed by atoms with Crippen molar-refractivity contribution < 1.29 is 22.8 Å². The Morgan fingerprint density at radius 1 is 1.04 bits per heavy atom. The molecule has 120 valence electrons. The third-order valence-corrected chi connectivity index (χ3v) is 3.34. The summed E-state index contributed by atoms with van der Waals surface area (Å²) in [4.78, 5) is 23.1. The van der Waals surface area contributed by atoms with Crippen LogP contribution in [-0.2, 0) is 6.54 Å². The summed E-state index contributed by atoms with van der Waals surface area (Å²) in [5, 5.41) is 2.20. The second-order valence-electron chi connectivity index (χ2n) is 4.69. The zero-order valence-electron chi connectivity index (χ0n) is 11.7. The molecule has 0 aliphatic rings. The topological polar surface area (TPSA) is 46.2 Å². The van der Waals surface area contributed by atoms with Crippen LogP contribution < -0.4 is 5.32 Å². The van der Waals surface area contributed by atoms with Gasteiger partial charge in [0.05, 0.1) is 5.02 Å². The molecule has 2 aromatic carbocycles. The van der Waals surface area contributed by atoms with Gasteiger partial charge < -0.3 is 5.32 Å². The zero-order chi connectivity index (χ0) is 17.0. The lowest BCUT2D eigenvalue weighted by atomic mass is 10.1. The van der Waals surface area contributed by atoms with Crippen molar-refractivity contribution in [2.24, 2.45) is 0 Å². The fourth-order valence-corrected chi connectivity index (χ4v) is 2.14. The number of carbonyl (C=O) groups excluding carboxylic acids is 2. The Hall–Kier alpha value is -2.34. The lowest BCUT2D eigenvalue weighted by Crippen LogP contribution is -2.24. The Kier molecular flexibility index (Phi) is 5.05. The number of rotatable bonds is 4. The van der Waals surface area contributed by atoms with Crippen molar-refractivity contribution in [3.8, 4) is 0 Å². The van der Waals surface area contributed by atoms with Crippen LogP contribution in [0.4, 0.5) is 13.2 Å². The maximum atomic E-state index is 12.4. The quantitative estimate of drug-likeness (QED) is 0.854. The first kappa shape index (κ1) is 17.0. The van der Waals surface area contributed by atoms with Crippen molar-refractivity contribution in [1.82, 2.24) is 5.32 Å². The summed E-state index contributed by atoms with van der Waals surface area (Å²) in [5.41, 5.74) is 0.263. The number of halogens is 4. The largest absolute Gasteiger partial charge is 0.454 e. The molecule has 0 spiro atoms. The summed E-state index contributed by atoms with van der Waals surface area (Å²) in [5.74, 6) is -2.54. The predicted molar refractivity (Wildman–Crippen MR) is 79.4 cm³/mol. The molecule has 1 N–H and O–H groups in total. The molecule has 0 bridgehead atoms. The molecule has 2 aromatic rings. The van der Waals surface area contributed by atoms with E-state index < -0.39 is 28.5 Å². The fraction of sp³-hybridized carbons (Fsp3) is 0.125. The highest BCUT2D eigenvalue weighted by Crippen LogP contribution is 2.27. The molecular weight excluding hydrogens is 331 g/mol. The highest BCUT2D eigenvalue weighted by Gasteiger charge is 2.40. The van der Waals surface area contributed by atoms with E-state index in [1.807, 2.05) is 30.3 Å². The molecule has 3 nitrogen and oxygen atoms in total. The van der Waals surface area contributed by atoms with E-state index in [2.05, 4.69) is 5.32 Å². The molecule has 0 fully saturated rings. The van der Waals surface area contributed by atoms with Gasteiger partial charge in [0.1, 0.15) is 0 Å². The standard InChI is InChI=1S/C16H11ClF3NO2/c17-13-8-11(6-7-12(13)14(22)16(18,19)20)15(23)21-9-10-4-2-1-3-5-10/h1-8H,9H2,(H,21,23). The summed E-state index contributed by atoms with van der Waals surface area (Å²) in [7, 11) is 0. The van der Waals surface area contributed by atoms with Crippen LogP contribution in [-0.4, -0.2) is 17.9 Å². The van der Waals surface area contributed by atoms with Gasteiger partial charge in [0.15, 0.2) is 0 Å². The Morgan fingerprint density at radius 3 is 2.26 bits per heavy atom. The highest BCUT2D eigenvalue weighted by molar-refractivity contribution is 6.34. The van der Waals surface area contributed by atoms with Crippen LogP contribution in [0.3, 0.4) is 0 Å². The first-order valence-corrected chi connectivity index (χ1v) is 6.90. The summed E-state index contributed by atoms with van der Waals surface area (Å²) in [6, 6.07) is 12.2. The summed E-state index contributed by atoms with van der Waals surface area (Å²) >= 11 is 5.69. The van der Waals surface area contributed by atoms with Gasteiger partial charge in [0, 0.05) is 17.7 Å². The Bertz CT molecular complexity index is 730. The van der Waals surface area contributed by atoms with Crippen LogP contribution in [0.1, 0.15) is 26.3 Å². The van der Waals surface area contributed by atoms with Crippen molar-refractivity contribution in [2.45, 2.75) is 12.7 Å². The van der Waals surface area contributed by atoms with Crippen LogP contribution in [0.2, 0.25) is 5.02 Å². The summed E-state index contributed by atoms with van der Waals surface area (Å²) in [6.45, 7) is 0.264. The molecule has 23 heavy (non-hydrogen) atoms. The van der Waals surface area contributed by atoms with Crippen molar-refractivity contribution in [3.63, 3.8) is 0 Å². The monoisotopic (exact) mass is 341 g/mol. The number of hydrogen-bond donors (Lipinski definition) is 1. The third kappa shape index (κ3) is 4.32. The van der Waals surface area contributed by atoms with Crippen LogP contribution in [0.5, 0.6) is 0 Å². The second kappa shape index (κ2) is 6.83. The van der Waals surface area contributed by atoms with E-state index in [0.29, 0.717) is 0 Å². The molecular formula is C16H11ClF3NO2. The number of ketones is 1. The Balaban J connectivity index is 2.11. The average Bonchev–Trinajstić information content (AvgIpc) is 2.52. The average molecular weight is 342 g/mol. The van der Waals surface area contributed by atoms with E-state index in [4.69, 9.17) is 11.6 Å². The lowest BCUT2D eigenvalue weighted by molar-refractivity contribution is -0.0885. The van der Waals surface area contributed by atoms with E-state index in [-0.39, 0.29) is 12.1 Å². The van der Waals surface area contributed by atoms with Gasteiger partial charge in [-0.1, -0.05) is 41.9 Å². The van der Waals surface area contributed by atoms with Crippen LogP contribution in [0.25, 0.3) is 0 Å². The molecule has 1 amide bonds.